The molecule has 4 heteroatoms. The Morgan fingerprint density at radius 2 is 1.48 bits per heavy atom. The van der Waals surface area contributed by atoms with Crippen LogP contribution in [0.25, 0.3) is 0 Å². The number of pyridine rings is 1. The first kappa shape index (κ1) is 18.6. The molecule has 0 bridgehead atoms. The number of amides is 1. The molecule has 0 aliphatic rings. The van der Waals surface area contributed by atoms with Crippen molar-refractivity contribution in [2.75, 3.05) is 18.0 Å². The highest BCUT2D eigenvalue weighted by Gasteiger charge is 2.16. The zero-order valence-corrected chi connectivity index (χ0v) is 15.9. The van der Waals surface area contributed by atoms with Crippen molar-refractivity contribution >= 4 is 17.3 Å². The van der Waals surface area contributed by atoms with Crippen LogP contribution in [0.5, 0.6) is 0 Å². The molecule has 3 aromatic rings. The Morgan fingerprint density at radius 3 is 2.04 bits per heavy atom. The van der Waals surface area contributed by atoms with Crippen molar-refractivity contribution in [1.29, 1.82) is 0 Å². The maximum atomic E-state index is 12.9. The van der Waals surface area contributed by atoms with Gasteiger partial charge in [0.05, 0.1) is 11.9 Å². The van der Waals surface area contributed by atoms with Crippen LogP contribution in [0.2, 0.25) is 0 Å². The van der Waals surface area contributed by atoms with Gasteiger partial charge < -0.3 is 9.80 Å². The zero-order valence-electron chi connectivity index (χ0n) is 15.9. The fourth-order valence-electron chi connectivity index (χ4n) is 3.09. The summed E-state index contributed by atoms with van der Waals surface area (Å²) in [5.41, 5.74) is 3.68. The highest BCUT2D eigenvalue weighted by molar-refractivity contribution is 5.92. The lowest BCUT2D eigenvalue weighted by atomic mass is 10.2. The summed E-state index contributed by atoms with van der Waals surface area (Å²) in [6, 6.07) is 24.0. The molecule has 138 valence electrons. The van der Waals surface area contributed by atoms with Crippen LogP contribution in [-0.4, -0.2) is 28.9 Å². The molecule has 27 heavy (non-hydrogen) atoms. The van der Waals surface area contributed by atoms with Crippen molar-refractivity contribution in [3.05, 3.63) is 90.3 Å². The highest BCUT2D eigenvalue weighted by Crippen LogP contribution is 2.24. The van der Waals surface area contributed by atoms with Gasteiger partial charge in [0.1, 0.15) is 5.69 Å². The van der Waals surface area contributed by atoms with Gasteiger partial charge in [0.25, 0.3) is 5.91 Å². The van der Waals surface area contributed by atoms with Crippen LogP contribution in [0.1, 0.15) is 29.9 Å². The second-order valence-corrected chi connectivity index (χ2v) is 6.29. The van der Waals surface area contributed by atoms with Crippen LogP contribution in [0, 0.1) is 0 Å². The van der Waals surface area contributed by atoms with E-state index in [1.54, 1.807) is 6.20 Å². The van der Waals surface area contributed by atoms with Crippen LogP contribution < -0.4 is 4.90 Å². The van der Waals surface area contributed by atoms with E-state index in [1.165, 1.54) is 0 Å². The summed E-state index contributed by atoms with van der Waals surface area (Å²) in [6.45, 7) is 6.15. The van der Waals surface area contributed by atoms with E-state index in [9.17, 15) is 4.79 Å². The molecule has 2 aromatic carbocycles. The van der Waals surface area contributed by atoms with Gasteiger partial charge in [-0.15, -0.1) is 0 Å². The van der Waals surface area contributed by atoms with Crippen molar-refractivity contribution in [2.45, 2.75) is 20.4 Å². The van der Waals surface area contributed by atoms with E-state index < -0.39 is 0 Å². The number of benzene rings is 2. The molecule has 0 saturated carbocycles. The molecule has 1 aromatic heterocycles. The lowest BCUT2D eigenvalue weighted by Crippen LogP contribution is -2.31. The number of para-hydroxylation sites is 1. The number of carbonyl (C=O) groups excluding carboxylic acids is 1. The number of hydrogen-bond acceptors (Lipinski definition) is 3. The van der Waals surface area contributed by atoms with E-state index >= 15 is 0 Å². The third-order valence-electron chi connectivity index (χ3n) is 4.55. The Morgan fingerprint density at radius 1 is 0.815 bits per heavy atom. The third kappa shape index (κ3) is 4.53. The van der Waals surface area contributed by atoms with Gasteiger partial charge in [-0.25, -0.2) is 4.98 Å². The van der Waals surface area contributed by atoms with Crippen LogP contribution in [0.15, 0.2) is 79.0 Å². The van der Waals surface area contributed by atoms with E-state index in [0.717, 1.165) is 23.5 Å². The first-order valence-electron chi connectivity index (χ1n) is 9.34. The maximum Gasteiger partial charge on any atom is 0.272 e. The molecule has 1 heterocycles. The summed E-state index contributed by atoms with van der Waals surface area (Å²) in [6.07, 6.45) is 1.78. The van der Waals surface area contributed by atoms with Gasteiger partial charge in [-0.2, -0.15) is 0 Å². The molecule has 0 spiro atoms. The Kier molecular flexibility index (Phi) is 6.21. The minimum Gasteiger partial charge on any atom is -0.341 e. The van der Waals surface area contributed by atoms with Gasteiger partial charge in [0.15, 0.2) is 0 Å². The minimum atomic E-state index is -0.0457. The fourth-order valence-corrected chi connectivity index (χ4v) is 3.09. The first-order valence-corrected chi connectivity index (χ1v) is 9.34. The molecule has 0 aliphatic carbocycles. The zero-order chi connectivity index (χ0) is 19.1. The largest absolute Gasteiger partial charge is 0.341 e. The normalized spacial score (nSPS) is 10.4. The summed E-state index contributed by atoms with van der Waals surface area (Å²) >= 11 is 0. The quantitative estimate of drug-likeness (QED) is 0.602. The summed E-state index contributed by atoms with van der Waals surface area (Å²) in [7, 11) is 0. The van der Waals surface area contributed by atoms with E-state index in [-0.39, 0.29) is 5.91 Å². The summed E-state index contributed by atoms with van der Waals surface area (Å²) in [4.78, 5) is 21.3. The molecule has 0 atom stereocenters. The molecule has 0 saturated heterocycles. The standard InChI is InChI=1S/C23H25N3O/c1-3-25(18-19-11-7-5-8-12-19)23(27)22-16-15-21(17-24-22)26(4-2)20-13-9-6-10-14-20/h5-17H,3-4,18H2,1-2H3. The number of rotatable bonds is 7. The van der Waals surface area contributed by atoms with Crippen molar-refractivity contribution in [1.82, 2.24) is 9.88 Å². The van der Waals surface area contributed by atoms with Gasteiger partial charge in [0, 0.05) is 25.3 Å². The summed E-state index contributed by atoms with van der Waals surface area (Å²) in [5, 5.41) is 0. The molecule has 0 unspecified atom stereocenters. The van der Waals surface area contributed by atoms with Crippen molar-refractivity contribution < 1.29 is 4.79 Å². The smallest absolute Gasteiger partial charge is 0.272 e. The minimum absolute atomic E-state index is 0.0457. The molecule has 0 N–H and O–H groups in total. The van der Waals surface area contributed by atoms with Crippen LogP contribution >= 0.6 is 0 Å². The summed E-state index contributed by atoms with van der Waals surface area (Å²) in [5.74, 6) is -0.0457. The van der Waals surface area contributed by atoms with Gasteiger partial charge >= 0.3 is 0 Å². The van der Waals surface area contributed by atoms with Crippen molar-refractivity contribution in [3.63, 3.8) is 0 Å². The topological polar surface area (TPSA) is 36.4 Å². The highest BCUT2D eigenvalue weighted by atomic mass is 16.2. The Hall–Kier alpha value is -3.14. The van der Waals surface area contributed by atoms with E-state index in [2.05, 4.69) is 28.9 Å². The van der Waals surface area contributed by atoms with Gasteiger partial charge in [-0.1, -0.05) is 48.5 Å². The second-order valence-electron chi connectivity index (χ2n) is 6.29. The second kappa shape index (κ2) is 8.99. The summed E-state index contributed by atoms with van der Waals surface area (Å²) < 4.78 is 0. The number of aromatic nitrogens is 1. The lowest BCUT2D eigenvalue weighted by Gasteiger charge is -2.24. The molecule has 0 aliphatic heterocycles. The third-order valence-corrected chi connectivity index (χ3v) is 4.55. The van der Waals surface area contributed by atoms with Gasteiger partial charge in [-0.3, -0.25) is 4.79 Å². The molecular weight excluding hydrogens is 334 g/mol. The Labute approximate surface area is 161 Å². The molecule has 0 fully saturated rings. The molecule has 0 radical (unpaired) electrons. The molecule has 4 nitrogen and oxygen atoms in total. The van der Waals surface area contributed by atoms with Crippen molar-refractivity contribution in [2.24, 2.45) is 0 Å². The average Bonchev–Trinajstić information content (AvgIpc) is 2.74. The fraction of sp³-hybridized carbons (Fsp3) is 0.217. The monoisotopic (exact) mass is 359 g/mol. The number of nitrogens with zero attached hydrogens (tertiary/aromatic N) is 3. The molecular formula is C23H25N3O. The van der Waals surface area contributed by atoms with Gasteiger partial charge in [0.2, 0.25) is 0 Å². The van der Waals surface area contributed by atoms with Gasteiger partial charge in [-0.05, 0) is 43.7 Å². The predicted molar refractivity (Wildman–Crippen MR) is 110 cm³/mol. The van der Waals surface area contributed by atoms with Crippen LogP contribution in [0.4, 0.5) is 11.4 Å². The Balaban J connectivity index is 1.76. The maximum absolute atomic E-state index is 12.9. The Bertz CT molecular complexity index is 848. The van der Waals surface area contributed by atoms with Crippen LogP contribution in [0.3, 0.4) is 0 Å². The van der Waals surface area contributed by atoms with Crippen LogP contribution in [-0.2, 0) is 6.54 Å². The SMILES string of the molecule is CCN(Cc1ccccc1)C(=O)c1ccc(N(CC)c2ccccc2)cn1. The van der Waals surface area contributed by atoms with E-state index in [4.69, 9.17) is 0 Å². The lowest BCUT2D eigenvalue weighted by molar-refractivity contribution is 0.0746. The molecule has 3 rings (SSSR count). The molecule has 1 amide bonds. The predicted octanol–water partition coefficient (Wildman–Crippen LogP) is 4.90. The number of carbonyl (C=O) groups is 1. The van der Waals surface area contributed by atoms with E-state index in [0.29, 0.717) is 18.8 Å². The number of hydrogen-bond donors (Lipinski definition) is 0. The van der Waals surface area contributed by atoms with E-state index in [1.807, 2.05) is 72.5 Å². The first-order chi connectivity index (χ1) is 13.2. The van der Waals surface area contributed by atoms with Crippen molar-refractivity contribution in [3.8, 4) is 0 Å². The average molecular weight is 359 g/mol. The number of anilines is 2.